The van der Waals surface area contributed by atoms with Crippen molar-refractivity contribution in [2.24, 2.45) is 0 Å². The fraction of sp³-hybridized carbons (Fsp3) is 0.655. The maximum atomic E-state index is 11.6. The van der Waals surface area contributed by atoms with Crippen LogP contribution in [0.2, 0.25) is 0 Å². The van der Waals surface area contributed by atoms with Gasteiger partial charge in [0.1, 0.15) is 24.5 Å². The molecule has 3 atom stereocenters. The molecule has 0 amide bonds. The molecule has 3 N–H and O–H groups in total. The highest BCUT2D eigenvalue weighted by molar-refractivity contribution is 9.10. The summed E-state index contributed by atoms with van der Waals surface area (Å²) in [4.78, 5) is 16.9. The molecular formula is C29H45BrN8O3P+. The van der Waals surface area contributed by atoms with E-state index in [1.165, 1.54) is 50.3 Å². The molecule has 3 unspecified atom stereocenters. The smallest absolute Gasteiger partial charge is 0.337 e. The number of aryl methyl sites for hydroxylation is 1. The molecule has 0 saturated carbocycles. The summed E-state index contributed by atoms with van der Waals surface area (Å²) in [6.07, 6.45) is 5.39. The highest BCUT2D eigenvalue weighted by Crippen LogP contribution is 2.37. The minimum atomic E-state index is -1.21. The Hall–Kier alpha value is -2.08. The Morgan fingerprint density at radius 2 is 1.95 bits per heavy atom. The topological polar surface area (TPSA) is 107 Å². The summed E-state index contributed by atoms with van der Waals surface area (Å²) in [5, 5.41) is 10.1. The lowest BCUT2D eigenvalue weighted by Crippen LogP contribution is -2.52. The van der Waals surface area contributed by atoms with Crippen LogP contribution in [-0.4, -0.2) is 117 Å². The van der Waals surface area contributed by atoms with Crippen molar-refractivity contribution >= 4 is 46.9 Å². The summed E-state index contributed by atoms with van der Waals surface area (Å²) >= 11 is 3.56. The third-order valence-corrected chi connectivity index (χ3v) is 10.0. The first-order valence-electron chi connectivity index (χ1n) is 15.0. The summed E-state index contributed by atoms with van der Waals surface area (Å²) < 4.78 is 24.1. The number of nitrogens with one attached hydrogen (secondary N) is 3. The molecule has 1 aromatic carbocycles. The zero-order chi connectivity index (χ0) is 29.6. The lowest BCUT2D eigenvalue weighted by atomic mass is 9.99. The van der Waals surface area contributed by atoms with Gasteiger partial charge < -0.3 is 35.2 Å². The van der Waals surface area contributed by atoms with Gasteiger partial charge in [-0.2, -0.15) is 4.98 Å². The first kappa shape index (κ1) is 31.3. The van der Waals surface area contributed by atoms with E-state index >= 15 is 0 Å². The van der Waals surface area contributed by atoms with Gasteiger partial charge in [-0.3, -0.25) is 4.90 Å². The van der Waals surface area contributed by atoms with E-state index < -0.39 is 7.80 Å². The van der Waals surface area contributed by atoms with Gasteiger partial charge in [-0.25, -0.2) is 4.98 Å². The number of morpholine rings is 1. The van der Waals surface area contributed by atoms with Gasteiger partial charge in [-0.05, 0) is 53.9 Å². The molecule has 4 heterocycles. The Labute approximate surface area is 259 Å². The lowest BCUT2D eigenvalue weighted by molar-refractivity contribution is 0.0255. The molecule has 0 bridgehead atoms. The Bertz CT molecular complexity index is 1220. The average Bonchev–Trinajstić information content (AvgIpc) is 3.00. The van der Waals surface area contributed by atoms with Crippen LogP contribution in [0.1, 0.15) is 25.3 Å². The standard InChI is InChI=1S/C29H45BrN8O3P/c1-5-20-14-24(26(40-3)15-25(20)38-8-6-22(7-9-38)37-12-10-36(2)11-13-37)33-29-32-16-23(30)28(35-29)34-27-17-31-21(18-41-27)19-42(4)39/h14-16,21-22,27,31H,5-13,17-19H2,1-4H3,(H2,32,33,34,35)/q+1. The highest BCUT2D eigenvalue weighted by Gasteiger charge is 2.29. The van der Waals surface area contributed by atoms with E-state index in [1.807, 2.05) is 0 Å². The van der Waals surface area contributed by atoms with Gasteiger partial charge in [0.15, 0.2) is 6.16 Å². The second-order valence-corrected chi connectivity index (χ2v) is 14.0. The van der Waals surface area contributed by atoms with Crippen molar-refractivity contribution in [3.8, 4) is 5.75 Å². The molecule has 42 heavy (non-hydrogen) atoms. The van der Waals surface area contributed by atoms with Crippen LogP contribution in [-0.2, 0) is 15.7 Å². The molecule has 2 aromatic rings. The van der Waals surface area contributed by atoms with Gasteiger partial charge in [-0.15, -0.1) is 0 Å². The highest BCUT2D eigenvalue weighted by atomic mass is 79.9. The van der Waals surface area contributed by atoms with Crippen LogP contribution < -0.4 is 25.6 Å². The minimum absolute atomic E-state index is 0.106. The molecule has 13 heteroatoms. The van der Waals surface area contributed by atoms with Gasteiger partial charge in [0.05, 0.1) is 29.9 Å². The Morgan fingerprint density at radius 1 is 1.19 bits per heavy atom. The number of piperazine rings is 1. The average molecular weight is 665 g/mol. The van der Waals surface area contributed by atoms with Crippen molar-refractivity contribution in [2.75, 3.05) is 94.9 Å². The molecule has 230 valence electrons. The van der Waals surface area contributed by atoms with Gasteiger partial charge >= 0.3 is 7.80 Å². The molecule has 5 rings (SSSR count). The van der Waals surface area contributed by atoms with Gasteiger partial charge in [0.25, 0.3) is 0 Å². The van der Waals surface area contributed by atoms with Crippen LogP contribution in [0.4, 0.5) is 23.1 Å². The predicted molar refractivity (Wildman–Crippen MR) is 173 cm³/mol. The molecule has 3 saturated heterocycles. The van der Waals surface area contributed by atoms with Crippen LogP contribution in [0.15, 0.2) is 22.8 Å². The van der Waals surface area contributed by atoms with E-state index in [1.54, 1.807) is 20.0 Å². The van der Waals surface area contributed by atoms with Crippen molar-refractivity contribution in [1.29, 1.82) is 0 Å². The summed E-state index contributed by atoms with van der Waals surface area (Å²) in [5.41, 5.74) is 3.37. The number of rotatable bonds is 10. The molecule has 3 fully saturated rings. The minimum Gasteiger partial charge on any atom is -0.494 e. The maximum absolute atomic E-state index is 11.6. The zero-order valence-electron chi connectivity index (χ0n) is 25.2. The number of hydrogen-bond acceptors (Lipinski definition) is 11. The molecule has 1 aromatic heterocycles. The van der Waals surface area contributed by atoms with Crippen molar-refractivity contribution in [3.05, 3.63) is 28.4 Å². The Kier molecular flexibility index (Phi) is 10.9. The molecule has 3 aliphatic rings. The number of anilines is 4. The number of likely N-dealkylation sites (N-methyl/N-ethyl adjacent to an activating group) is 1. The summed E-state index contributed by atoms with van der Waals surface area (Å²) in [7, 11) is 2.72. The van der Waals surface area contributed by atoms with E-state index in [-0.39, 0.29) is 12.3 Å². The third kappa shape index (κ3) is 7.89. The number of hydrogen-bond donors (Lipinski definition) is 3. The van der Waals surface area contributed by atoms with Crippen molar-refractivity contribution in [2.45, 2.75) is 44.5 Å². The quantitative estimate of drug-likeness (QED) is 0.322. The van der Waals surface area contributed by atoms with Gasteiger partial charge in [0.2, 0.25) is 5.95 Å². The van der Waals surface area contributed by atoms with Crippen LogP contribution in [0.25, 0.3) is 0 Å². The van der Waals surface area contributed by atoms with E-state index in [0.29, 0.717) is 37.1 Å². The summed E-state index contributed by atoms with van der Waals surface area (Å²) in [6.45, 7) is 11.8. The molecule has 3 aliphatic heterocycles. The van der Waals surface area contributed by atoms with Crippen LogP contribution in [0, 0.1) is 0 Å². The second kappa shape index (κ2) is 14.6. The normalized spacial score (nSPS) is 23.1. The van der Waals surface area contributed by atoms with E-state index in [9.17, 15) is 4.57 Å². The van der Waals surface area contributed by atoms with Crippen molar-refractivity contribution in [1.82, 2.24) is 25.1 Å². The van der Waals surface area contributed by atoms with Crippen LogP contribution in [0.5, 0.6) is 5.75 Å². The van der Waals surface area contributed by atoms with Gasteiger partial charge in [-0.1, -0.05) is 11.5 Å². The van der Waals surface area contributed by atoms with Gasteiger partial charge in [0, 0.05) is 69.8 Å². The number of methoxy groups -OCH3 is 1. The summed E-state index contributed by atoms with van der Waals surface area (Å²) in [5.74, 6) is 1.87. The lowest BCUT2D eigenvalue weighted by Gasteiger charge is -2.43. The first-order chi connectivity index (χ1) is 20.3. The Balaban J connectivity index is 1.24. The van der Waals surface area contributed by atoms with Crippen molar-refractivity contribution in [3.63, 3.8) is 0 Å². The van der Waals surface area contributed by atoms with Crippen molar-refractivity contribution < 1.29 is 14.0 Å². The fourth-order valence-electron chi connectivity index (χ4n) is 6.06. The molecular weight excluding hydrogens is 619 g/mol. The SMILES string of the molecule is CCc1cc(Nc2ncc(Br)c(NC3CNC(C[P+](C)=O)CO3)n2)c(OC)cc1N1CCC(N2CCN(C)CC2)CC1. The van der Waals surface area contributed by atoms with Crippen LogP contribution >= 0.6 is 23.7 Å². The van der Waals surface area contributed by atoms with Crippen LogP contribution in [0.3, 0.4) is 0 Å². The molecule has 0 spiro atoms. The summed E-state index contributed by atoms with van der Waals surface area (Å²) in [6, 6.07) is 5.12. The number of benzene rings is 1. The first-order valence-corrected chi connectivity index (χ1v) is 17.7. The predicted octanol–water partition coefficient (Wildman–Crippen LogP) is 3.95. The number of nitrogens with zero attached hydrogens (tertiary/aromatic N) is 5. The number of ether oxygens (including phenoxy) is 2. The van der Waals surface area contributed by atoms with E-state index in [2.05, 4.69) is 77.7 Å². The fourth-order valence-corrected chi connectivity index (χ4v) is 7.22. The largest absolute Gasteiger partial charge is 0.494 e. The van der Waals surface area contributed by atoms with E-state index in [0.717, 1.165) is 35.4 Å². The molecule has 0 aliphatic carbocycles. The second-order valence-electron chi connectivity index (χ2n) is 11.5. The number of aromatic nitrogens is 2. The number of piperidine rings is 1. The van der Waals surface area contributed by atoms with E-state index in [4.69, 9.17) is 14.5 Å². The molecule has 11 nitrogen and oxygen atoms in total. The zero-order valence-corrected chi connectivity index (χ0v) is 27.7. The number of halogens is 1. The maximum Gasteiger partial charge on any atom is 0.337 e. The third-order valence-electron chi connectivity index (χ3n) is 8.50. The Morgan fingerprint density at radius 3 is 2.60 bits per heavy atom. The monoisotopic (exact) mass is 663 g/mol. The molecule has 0 radical (unpaired) electrons.